The summed E-state index contributed by atoms with van der Waals surface area (Å²) in [5, 5.41) is 3.23. The molecule has 1 heterocycles. The molecule has 1 saturated carbocycles. The molecule has 1 aliphatic carbocycles. The molecule has 24 heavy (non-hydrogen) atoms. The molecule has 1 aromatic carbocycles. The molecule has 1 atom stereocenters. The van der Waals surface area contributed by atoms with E-state index in [9.17, 15) is 17.6 Å². The Labute approximate surface area is 150 Å². The van der Waals surface area contributed by atoms with Gasteiger partial charge in [0.05, 0.1) is 0 Å². The number of nitrogens with zero attached hydrogens (tertiary/aromatic N) is 1. The number of rotatable bonds is 4. The lowest BCUT2D eigenvalue weighted by Crippen LogP contribution is -2.45. The average molecular weight is 391 g/mol. The van der Waals surface area contributed by atoms with Gasteiger partial charge in [0.1, 0.15) is 11.6 Å². The molecule has 0 unspecified atom stereocenters. The highest BCUT2D eigenvalue weighted by Crippen LogP contribution is 2.46. The predicted molar refractivity (Wildman–Crippen MR) is 87.5 cm³/mol. The molecule has 1 saturated heterocycles. The summed E-state index contributed by atoms with van der Waals surface area (Å²) in [5.41, 5.74) is 0.311. The van der Waals surface area contributed by atoms with Crippen LogP contribution in [-0.2, 0) is 0 Å². The van der Waals surface area contributed by atoms with E-state index in [1.54, 1.807) is 0 Å². The molecule has 1 aliphatic heterocycles. The highest BCUT2D eigenvalue weighted by molar-refractivity contribution is 5.85. The SMILES string of the molecule is Cl.Cl.Fc1ccc(OC(F)(F)F)cc1[C@H](C1CC1)N1CCNCC1. The number of nitrogens with one attached hydrogen (secondary N) is 1. The van der Waals surface area contributed by atoms with Gasteiger partial charge in [-0.1, -0.05) is 0 Å². The van der Waals surface area contributed by atoms with Crippen LogP contribution in [-0.4, -0.2) is 37.4 Å². The summed E-state index contributed by atoms with van der Waals surface area (Å²) < 4.78 is 55.3. The van der Waals surface area contributed by atoms with Crippen LogP contribution in [0.3, 0.4) is 0 Å². The van der Waals surface area contributed by atoms with Crippen molar-refractivity contribution in [3.8, 4) is 5.75 Å². The summed E-state index contributed by atoms with van der Waals surface area (Å²) >= 11 is 0. The monoisotopic (exact) mass is 390 g/mol. The van der Waals surface area contributed by atoms with Crippen LogP contribution in [0.15, 0.2) is 18.2 Å². The number of benzene rings is 1. The zero-order valence-electron chi connectivity index (χ0n) is 12.8. The van der Waals surface area contributed by atoms with Crippen molar-refractivity contribution in [2.45, 2.75) is 25.2 Å². The van der Waals surface area contributed by atoms with Gasteiger partial charge >= 0.3 is 6.36 Å². The van der Waals surface area contributed by atoms with Crippen molar-refractivity contribution >= 4 is 24.8 Å². The fraction of sp³-hybridized carbons (Fsp3) is 0.600. The second-order valence-corrected chi connectivity index (χ2v) is 5.80. The first kappa shape index (κ1) is 21.3. The molecule has 0 spiro atoms. The minimum atomic E-state index is -4.76. The van der Waals surface area contributed by atoms with E-state index in [0.717, 1.165) is 51.2 Å². The Kier molecular flexibility index (Phi) is 7.59. The van der Waals surface area contributed by atoms with E-state index >= 15 is 0 Å². The molecule has 9 heteroatoms. The van der Waals surface area contributed by atoms with E-state index in [-0.39, 0.29) is 36.6 Å². The maximum Gasteiger partial charge on any atom is 0.573 e. The number of hydrogen-bond acceptors (Lipinski definition) is 3. The van der Waals surface area contributed by atoms with Crippen molar-refractivity contribution in [3.63, 3.8) is 0 Å². The maximum absolute atomic E-state index is 14.2. The molecule has 0 aromatic heterocycles. The average Bonchev–Trinajstić information content (AvgIpc) is 3.27. The van der Waals surface area contributed by atoms with Crippen LogP contribution < -0.4 is 10.1 Å². The third-order valence-electron chi connectivity index (χ3n) is 4.13. The van der Waals surface area contributed by atoms with Crippen LogP contribution in [0.1, 0.15) is 24.4 Å². The number of hydrogen-bond donors (Lipinski definition) is 1. The molecule has 0 bridgehead atoms. The molecular weight excluding hydrogens is 371 g/mol. The Morgan fingerprint density at radius 2 is 1.75 bits per heavy atom. The Morgan fingerprint density at radius 3 is 2.29 bits per heavy atom. The second kappa shape index (κ2) is 8.56. The van der Waals surface area contributed by atoms with Crippen molar-refractivity contribution < 1.29 is 22.3 Å². The third-order valence-corrected chi connectivity index (χ3v) is 4.13. The topological polar surface area (TPSA) is 24.5 Å². The van der Waals surface area contributed by atoms with Gasteiger partial charge in [-0.3, -0.25) is 4.90 Å². The molecule has 2 fully saturated rings. The molecule has 1 aromatic rings. The predicted octanol–water partition coefficient (Wildman–Crippen LogP) is 3.92. The van der Waals surface area contributed by atoms with Crippen molar-refractivity contribution in [3.05, 3.63) is 29.6 Å². The summed E-state index contributed by atoms with van der Waals surface area (Å²) in [6, 6.07) is 3.12. The third kappa shape index (κ3) is 5.37. The lowest BCUT2D eigenvalue weighted by molar-refractivity contribution is -0.274. The van der Waals surface area contributed by atoms with Gasteiger partial charge in [-0.15, -0.1) is 38.0 Å². The lowest BCUT2D eigenvalue weighted by atomic mass is 9.99. The van der Waals surface area contributed by atoms with Crippen LogP contribution in [0.4, 0.5) is 17.6 Å². The maximum atomic E-state index is 14.2. The van der Waals surface area contributed by atoms with Gasteiger partial charge in [-0.2, -0.15) is 0 Å². The summed E-state index contributed by atoms with van der Waals surface area (Å²) in [6.07, 6.45) is -2.80. The van der Waals surface area contributed by atoms with E-state index in [1.807, 2.05) is 0 Å². The molecule has 2 aliphatic rings. The Morgan fingerprint density at radius 1 is 1.12 bits per heavy atom. The first-order chi connectivity index (χ1) is 10.4. The second-order valence-electron chi connectivity index (χ2n) is 5.80. The van der Waals surface area contributed by atoms with Crippen LogP contribution in [0.25, 0.3) is 0 Å². The molecule has 0 amide bonds. The lowest BCUT2D eigenvalue weighted by Gasteiger charge is -2.35. The fourth-order valence-corrected chi connectivity index (χ4v) is 3.07. The minimum absolute atomic E-state index is 0. The van der Waals surface area contributed by atoms with Gasteiger partial charge in [0.25, 0.3) is 0 Å². The van der Waals surface area contributed by atoms with E-state index < -0.39 is 12.2 Å². The summed E-state index contributed by atoms with van der Waals surface area (Å²) in [4.78, 5) is 2.16. The summed E-state index contributed by atoms with van der Waals surface area (Å²) in [6.45, 7) is 3.16. The van der Waals surface area contributed by atoms with Gasteiger partial charge in [0.15, 0.2) is 0 Å². The van der Waals surface area contributed by atoms with E-state index in [4.69, 9.17) is 0 Å². The molecule has 3 rings (SSSR count). The molecule has 0 radical (unpaired) electrons. The number of halogens is 6. The van der Waals surface area contributed by atoms with Gasteiger partial charge in [-0.25, -0.2) is 4.39 Å². The molecule has 3 nitrogen and oxygen atoms in total. The quantitative estimate of drug-likeness (QED) is 0.788. The van der Waals surface area contributed by atoms with Crippen LogP contribution in [0, 0.1) is 11.7 Å². The van der Waals surface area contributed by atoms with Crippen molar-refractivity contribution in [1.29, 1.82) is 0 Å². The summed E-state index contributed by atoms with van der Waals surface area (Å²) in [5.74, 6) is -0.511. The standard InChI is InChI=1S/C15H18F4N2O.2ClH/c16-13-4-3-11(22-15(17,18)19)9-12(13)14(10-1-2-10)21-7-5-20-6-8-21;;/h3-4,9-10,14,20H,1-2,5-8H2;2*1H/t14-;;/m0../s1. The Bertz CT molecular complexity index is 535. The van der Waals surface area contributed by atoms with Crippen molar-refractivity contribution in [1.82, 2.24) is 10.2 Å². The number of alkyl halides is 3. The smallest absolute Gasteiger partial charge is 0.406 e. The van der Waals surface area contributed by atoms with E-state index in [0.29, 0.717) is 11.5 Å². The van der Waals surface area contributed by atoms with Gasteiger partial charge in [0, 0.05) is 37.8 Å². The number of piperazine rings is 1. The molecular formula is C15H20Cl2F4N2O. The van der Waals surface area contributed by atoms with Crippen LogP contribution >= 0.6 is 24.8 Å². The first-order valence-electron chi connectivity index (χ1n) is 7.44. The molecule has 1 N–H and O–H groups in total. The van der Waals surface area contributed by atoms with Crippen molar-refractivity contribution in [2.24, 2.45) is 5.92 Å². The first-order valence-corrected chi connectivity index (χ1v) is 7.44. The highest BCUT2D eigenvalue weighted by Gasteiger charge is 2.39. The van der Waals surface area contributed by atoms with E-state index in [2.05, 4.69) is 15.0 Å². The Hall–Kier alpha value is -0.760. The Balaban J connectivity index is 0.00000144. The highest BCUT2D eigenvalue weighted by atomic mass is 35.5. The van der Waals surface area contributed by atoms with Gasteiger partial charge in [0.2, 0.25) is 0 Å². The van der Waals surface area contributed by atoms with Crippen LogP contribution in [0.2, 0.25) is 0 Å². The van der Waals surface area contributed by atoms with Gasteiger partial charge in [-0.05, 0) is 37.0 Å². The zero-order valence-corrected chi connectivity index (χ0v) is 14.4. The normalized spacial score (nSPS) is 19.8. The minimum Gasteiger partial charge on any atom is -0.406 e. The van der Waals surface area contributed by atoms with Crippen LogP contribution in [0.5, 0.6) is 5.75 Å². The van der Waals surface area contributed by atoms with Gasteiger partial charge < -0.3 is 10.1 Å². The fourth-order valence-electron chi connectivity index (χ4n) is 3.07. The van der Waals surface area contributed by atoms with Crippen molar-refractivity contribution in [2.75, 3.05) is 26.2 Å². The summed E-state index contributed by atoms with van der Waals surface area (Å²) in [7, 11) is 0. The molecule has 138 valence electrons. The largest absolute Gasteiger partial charge is 0.573 e. The van der Waals surface area contributed by atoms with E-state index in [1.165, 1.54) is 6.07 Å². The zero-order chi connectivity index (χ0) is 15.7. The number of ether oxygens (including phenoxy) is 1.